The zero-order valence-corrected chi connectivity index (χ0v) is 24.0. The first-order chi connectivity index (χ1) is 21.5. The molecule has 10 heteroatoms. The number of hydrogen-bond acceptors (Lipinski definition) is 9. The second kappa shape index (κ2) is 11.5. The number of nitrogens with two attached hydrogens (primary N) is 1. The highest BCUT2D eigenvalue weighted by atomic mass is 16.6. The van der Waals surface area contributed by atoms with Crippen molar-refractivity contribution in [3.8, 4) is 0 Å². The van der Waals surface area contributed by atoms with Crippen molar-refractivity contribution in [2.75, 3.05) is 52.7 Å². The highest BCUT2D eigenvalue weighted by molar-refractivity contribution is 6.40. The van der Waals surface area contributed by atoms with Crippen molar-refractivity contribution in [1.29, 1.82) is 0 Å². The highest BCUT2D eigenvalue weighted by Gasteiger charge is 2.35. The van der Waals surface area contributed by atoms with E-state index in [1.165, 1.54) is 4.90 Å². The van der Waals surface area contributed by atoms with E-state index in [-0.39, 0.29) is 18.4 Å². The Balaban J connectivity index is 1.12. The van der Waals surface area contributed by atoms with E-state index < -0.39 is 11.9 Å². The summed E-state index contributed by atoms with van der Waals surface area (Å²) >= 11 is 0. The van der Waals surface area contributed by atoms with Gasteiger partial charge in [0.2, 0.25) is 0 Å². The Hall–Kier alpha value is -4.48. The van der Waals surface area contributed by atoms with Crippen LogP contribution in [0.2, 0.25) is 0 Å². The molecule has 2 amide bonds. The topological polar surface area (TPSA) is 134 Å². The van der Waals surface area contributed by atoms with Crippen LogP contribution in [0.15, 0.2) is 48.5 Å². The van der Waals surface area contributed by atoms with E-state index in [0.717, 1.165) is 38.7 Å². The Labute approximate surface area is 251 Å². The zero-order chi connectivity index (χ0) is 30.4. The number of carbonyl (C=O) groups excluding carboxylic acids is 4. The molecule has 0 bridgehead atoms. The Morgan fingerprint density at radius 2 is 0.932 bits per heavy atom. The molecule has 2 N–H and O–H groups in total. The number of nitrogens with zero attached hydrogens (tertiary/aromatic N) is 1. The van der Waals surface area contributed by atoms with Crippen molar-refractivity contribution in [3.63, 3.8) is 0 Å². The first-order valence-electron chi connectivity index (χ1n) is 14.8. The van der Waals surface area contributed by atoms with Crippen LogP contribution in [0.5, 0.6) is 0 Å². The largest absolute Gasteiger partial charge is 0.386 e. The van der Waals surface area contributed by atoms with E-state index >= 15 is 0 Å². The lowest BCUT2D eigenvalue weighted by Crippen LogP contribution is -2.41. The number of amides is 2. The fourth-order valence-corrected chi connectivity index (χ4v) is 6.42. The van der Waals surface area contributed by atoms with Gasteiger partial charge in [0.1, 0.15) is 0 Å². The van der Waals surface area contributed by atoms with Crippen LogP contribution >= 0.6 is 0 Å². The van der Waals surface area contributed by atoms with Crippen LogP contribution < -0.4 is 5.73 Å². The molecule has 10 nitrogen and oxygen atoms in total. The molecule has 0 aromatic heterocycles. The second-order valence-electron chi connectivity index (χ2n) is 10.9. The molecule has 0 saturated carbocycles. The molecule has 2 heterocycles. The number of cyclic esters (lactones) is 2. The molecule has 7 rings (SSSR count). The Morgan fingerprint density at radius 1 is 0.523 bits per heavy atom. The molecule has 5 aromatic rings. The molecule has 44 heavy (non-hydrogen) atoms. The van der Waals surface area contributed by atoms with Gasteiger partial charge in [0.05, 0.1) is 37.6 Å². The monoisotopic (exact) mass is 594 g/mol. The molecule has 0 radical (unpaired) electrons. The van der Waals surface area contributed by atoms with Crippen LogP contribution in [-0.2, 0) is 18.9 Å². The number of carbonyl (C=O) groups is 4. The third-order valence-corrected chi connectivity index (χ3v) is 8.39. The van der Waals surface area contributed by atoms with Gasteiger partial charge in [-0.15, -0.1) is 0 Å². The Bertz CT molecular complexity index is 1870. The average Bonchev–Trinajstić information content (AvgIpc) is 3.03. The molecule has 0 saturated heterocycles. The number of ether oxygens (including phenoxy) is 4. The van der Waals surface area contributed by atoms with Crippen LogP contribution in [0.3, 0.4) is 0 Å². The number of hydrogen-bond donors (Lipinski definition) is 1. The predicted octanol–water partition coefficient (Wildman–Crippen LogP) is 4.43. The second-order valence-corrected chi connectivity index (χ2v) is 10.9. The molecule has 2 aliphatic heterocycles. The summed E-state index contributed by atoms with van der Waals surface area (Å²) in [5.41, 5.74) is 7.05. The Morgan fingerprint density at radius 3 is 1.41 bits per heavy atom. The van der Waals surface area contributed by atoms with Gasteiger partial charge in [0.15, 0.2) is 0 Å². The van der Waals surface area contributed by atoms with E-state index in [1.54, 1.807) is 24.3 Å². The van der Waals surface area contributed by atoms with E-state index in [4.69, 9.17) is 24.7 Å². The molecule has 0 spiro atoms. The molecule has 0 aliphatic carbocycles. The van der Waals surface area contributed by atoms with Crippen molar-refractivity contribution in [1.82, 2.24) is 4.90 Å². The molecule has 0 unspecified atom stereocenters. The summed E-state index contributed by atoms with van der Waals surface area (Å²) in [5, 5.41) is 6.15. The summed E-state index contributed by atoms with van der Waals surface area (Å²) in [5.74, 6) is -2.02. The van der Waals surface area contributed by atoms with Gasteiger partial charge >= 0.3 is 11.9 Å². The van der Waals surface area contributed by atoms with Crippen molar-refractivity contribution in [3.05, 3.63) is 70.8 Å². The van der Waals surface area contributed by atoms with Crippen molar-refractivity contribution >= 4 is 66.8 Å². The molecule has 5 aromatic carbocycles. The van der Waals surface area contributed by atoms with E-state index in [9.17, 15) is 19.2 Å². The molecule has 0 fully saturated rings. The van der Waals surface area contributed by atoms with Gasteiger partial charge in [-0.25, -0.2) is 9.59 Å². The van der Waals surface area contributed by atoms with Crippen LogP contribution in [0, 0.1) is 0 Å². The van der Waals surface area contributed by atoms with Crippen molar-refractivity contribution in [2.24, 2.45) is 5.73 Å². The molecule has 0 atom stereocenters. The minimum atomic E-state index is -0.669. The summed E-state index contributed by atoms with van der Waals surface area (Å²) in [6.45, 7) is 3.68. The van der Waals surface area contributed by atoms with Gasteiger partial charge in [0.25, 0.3) is 11.8 Å². The lowest BCUT2D eigenvalue weighted by Gasteiger charge is -2.28. The molecular weight excluding hydrogens is 564 g/mol. The van der Waals surface area contributed by atoms with Crippen LogP contribution in [-0.4, -0.2) is 81.4 Å². The standard InChI is InChI=1S/C34H30N2O8/c35-11-1-13-41-15-17-43-18-16-42-14-2-12-36-31(37)23-7-3-19-21-5-9-25-30-26(34(40)44-33(25)39)10-6-22(28(21)30)20-4-8-24(32(36)38)29(23)27(19)20/h3-10H,1-2,11-18,35H2. The van der Waals surface area contributed by atoms with Crippen molar-refractivity contribution in [2.45, 2.75) is 12.8 Å². The quantitative estimate of drug-likeness (QED) is 0.0525. The predicted molar refractivity (Wildman–Crippen MR) is 164 cm³/mol. The Kier molecular flexibility index (Phi) is 7.43. The number of rotatable bonds is 13. The van der Waals surface area contributed by atoms with Crippen molar-refractivity contribution < 1.29 is 38.1 Å². The summed E-state index contributed by atoms with van der Waals surface area (Å²) < 4.78 is 21.5. The SMILES string of the molecule is NCCCOCCOCCOCCCN1C(=O)c2ccc3c4ccc5c6c(ccc(c7ccc(c2c37)C1=O)c64)C(=O)OC5=O. The van der Waals surface area contributed by atoms with E-state index in [0.29, 0.717) is 85.6 Å². The molecular formula is C34H30N2O8. The van der Waals surface area contributed by atoms with Gasteiger partial charge < -0.3 is 24.7 Å². The summed E-state index contributed by atoms with van der Waals surface area (Å²) in [7, 11) is 0. The van der Waals surface area contributed by atoms with Crippen LogP contribution in [0.25, 0.3) is 43.1 Å². The minimum absolute atomic E-state index is 0.232. The van der Waals surface area contributed by atoms with E-state index in [1.807, 2.05) is 24.3 Å². The summed E-state index contributed by atoms with van der Waals surface area (Å²) in [6, 6.07) is 14.3. The maximum absolute atomic E-state index is 13.7. The highest BCUT2D eigenvalue weighted by Crippen LogP contribution is 2.45. The van der Waals surface area contributed by atoms with Crippen LogP contribution in [0.1, 0.15) is 54.3 Å². The zero-order valence-electron chi connectivity index (χ0n) is 24.0. The van der Waals surface area contributed by atoms with Gasteiger partial charge in [-0.2, -0.15) is 0 Å². The maximum Gasteiger partial charge on any atom is 0.346 e. The smallest absolute Gasteiger partial charge is 0.346 e. The minimum Gasteiger partial charge on any atom is -0.386 e. The van der Waals surface area contributed by atoms with Gasteiger partial charge in [-0.05, 0) is 76.0 Å². The maximum atomic E-state index is 13.7. The molecule has 224 valence electrons. The lowest BCUT2D eigenvalue weighted by molar-refractivity contribution is 0.0130. The first-order valence-corrected chi connectivity index (χ1v) is 14.8. The molecule has 2 aliphatic rings. The van der Waals surface area contributed by atoms with Crippen LogP contribution in [0.4, 0.5) is 0 Å². The van der Waals surface area contributed by atoms with E-state index in [2.05, 4.69) is 0 Å². The number of imide groups is 1. The summed E-state index contributed by atoms with van der Waals surface area (Å²) in [4.78, 5) is 53.7. The van der Waals surface area contributed by atoms with Gasteiger partial charge in [0, 0.05) is 41.7 Å². The fourth-order valence-electron chi connectivity index (χ4n) is 6.42. The van der Waals surface area contributed by atoms with Gasteiger partial charge in [-0.1, -0.05) is 24.3 Å². The number of esters is 2. The van der Waals surface area contributed by atoms with Gasteiger partial charge in [-0.3, -0.25) is 14.5 Å². The number of fused-ring (bicyclic) bond motifs is 2. The summed E-state index contributed by atoms with van der Waals surface area (Å²) in [6.07, 6.45) is 1.32. The third kappa shape index (κ3) is 4.49. The number of benzene rings is 5. The lowest BCUT2D eigenvalue weighted by atomic mass is 9.83. The fraction of sp³-hybridized carbons (Fsp3) is 0.294. The normalized spacial score (nSPS) is 14.6. The first kappa shape index (κ1) is 28.3. The third-order valence-electron chi connectivity index (χ3n) is 8.39. The average molecular weight is 595 g/mol.